The third kappa shape index (κ3) is 4.68. The highest BCUT2D eigenvalue weighted by Gasteiger charge is 2.21. The monoisotopic (exact) mass is 432 g/mol. The molecule has 0 unspecified atom stereocenters. The predicted octanol–water partition coefficient (Wildman–Crippen LogP) is 1.75. The minimum atomic E-state index is -3.43. The van der Waals surface area contributed by atoms with E-state index in [-0.39, 0.29) is 4.90 Å². The second kappa shape index (κ2) is 9.36. The van der Waals surface area contributed by atoms with Gasteiger partial charge in [0.15, 0.2) is 17.5 Å². The first-order valence-corrected chi connectivity index (χ1v) is 11.1. The molecule has 1 heterocycles. The van der Waals surface area contributed by atoms with Crippen molar-refractivity contribution in [1.29, 1.82) is 0 Å². The van der Waals surface area contributed by atoms with Crippen LogP contribution in [0.15, 0.2) is 46.3 Å². The van der Waals surface area contributed by atoms with Crippen LogP contribution in [-0.4, -0.2) is 54.1 Å². The van der Waals surface area contributed by atoms with Gasteiger partial charge >= 0.3 is 0 Å². The molecule has 0 fully saturated rings. The number of sulfonamides is 1. The Morgan fingerprint density at radius 3 is 2.30 bits per heavy atom. The summed E-state index contributed by atoms with van der Waals surface area (Å²) in [4.78, 5) is 6.85. The number of ether oxygens (including phenoxy) is 2. The van der Waals surface area contributed by atoms with E-state index in [4.69, 9.17) is 9.47 Å². The largest absolute Gasteiger partial charge is 0.493 e. The van der Waals surface area contributed by atoms with Crippen molar-refractivity contribution in [3.63, 3.8) is 0 Å². The zero-order chi connectivity index (χ0) is 21.7. The number of rotatable bonds is 6. The van der Waals surface area contributed by atoms with Gasteiger partial charge in [-0.15, -0.1) is 0 Å². The van der Waals surface area contributed by atoms with Crippen LogP contribution in [0.2, 0.25) is 0 Å². The van der Waals surface area contributed by atoms with Crippen molar-refractivity contribution >= 4 is 16.0 Å². The number of guanidine groups is 1. The van der Waals surface area contributed by atoms with Gasteiger partial charge in [-0.2, -0.15) is 0 Å². The van der Waals surface area contributed by atoms with Gasteiger partial charge in [0, 0.05) is 26.7 Å². The van der Waals surface area contributed by atoms with Crippen LogP contribution in [0.1, 0.15) is 16.7 Å². The molecule has 0 aromatic heterocycles. The molecule has 9 heteroatoms. The molecule has 2 N–H and O–H groups in total. The second-order valence-electron chi connectivity index (χ2n) is 6.90. The lowest BCUT2D eigenvalue weighted by molar-refractivity contribution is 0.346. The molecule has 0 spiro atoms. The maximum absolute atomic E-state index is 11.8. The third-order valence-electron chi connectivity index (χ3n) is 5.18. The van der Waals surface area contributed by atoms with Crippen molar-refractivity contribution in [1.82, 2.24) is 14.9 Å². The Bertz CT molecular complexity index is 1020. The number of hydrogen-bond donors (Lipinski definition) is 2. The Labute approximate surface area is 178 Å². The van der Waals surface area contributed by atoms with E-state index < -0.39 is 10.0 Å². The summed E-state index contributed by atoms with van der Waals surface area (Å²) in [6, 6.07) is 10.9. The summed E-state index contributed by atoms with van der Waals surface area (Å²) >= 11 is 0. The van der Waals surface area contributed by atoms with Crippen LogP contribution in [-0.2, 0) is 29.5 Å². The van der Waals surface area contributed by atoms with Gasteiger partial charge in [-0.05, 0) is 54.4 Å². The van der Waals surface area contributed by atoms with Gasteiger partial charge in [0.25, 0.3) is 0 Å². The van der Waals surface area contributed by atoms with E-state index >= 15 is 0 Å². The number of nitrogens with zero attached hydrogens (tertiary/aromatic N) is 2. The third-order valence-corrected chi connectivity index (χ3v) is 6.61. The highest BCUT2D eigenvalue weighted by Crippen LogP contribution is 2.33. The molecule has 8 nitrogen and oxygen atoms in total. The molecule has 1 aliphatic rings. The van der Waals surface area contributed by atoms with Crippen LogP contribution in [0, 0.1) is 0 Å². The number of fused-ring (bicyclic) bond motifs is 1. The molecule has 3 rings (SSSR count). The molecule has 0 saturated carbocycles. The molecule has 0 saturated heterocycles. The molecule has 0 amide bonds. The molecule has 0 bridgehead atoms. The van der Waals surface area contributed by atoms with E-state index in [9.17, 15) is 8.42 Å². The fourth-order valence-electron chi connectivity index (χ4n) is 3.48. The van der Waals surface area contributed by atoms with E-state index in [0.717, 1.165) is 36.0 Å². The summed E-state index contributed by atoms with van der Waals surface area (Å²) in [6.45, 7) is 2.10. The molecule has 2 aromatic carbocycles. The van der Waals surface area contributed by atoms with Crippen LogP contribution >= 0.6 is 0 Å². The Morgan fingerprint density at radius 1 is 1.10 bits per heavy atom. The number of benzene rings is 2. The van der Waals surface area contributed by atoms with Crippen LogP contribution in [0.3, 0.4) is 0 Å². The van der Waals surface area contributed by atoms with Gasteiger partial charge in [-0.1, -0.05) is 12.1 Å². The van der Waals surface area contributed by atoms with Gasteiger partial charge in [0.2, 0.25) is 10.0 Å². The van der Waals surface area contributed by atoms with Crippen molar-refractivity contribution in [2.75, 3.05) is 34.9 Å². The topological polar surface area (TPSA) is 92.3 Å². The molecule has 162 valence electrons. The van der Waals surface area contributed by atoms with E-state index in [1.807, 2.05) is 12.1 Å². The van der Waals surface area contributed by atoms with Crippen LogP contribution in [0.5, 0.6) is 11.5 Å². The number of aliphatic imine (C=N–C) groups is 1. The fourth-order valence-corrected chi connectivity index (χ4v) is 4.21. The molecule has 1 aliphatic heterocycles. The first-order chi connectivity index (χ1) is 14.4. The summed E-state index contributed by atoms with van der Waals surface area (Å²) < 4.78 is 36.9. The zero-order valence-corrected chi connectivity index (χ0v) is 18.5. The predicted molar refractivity (Wildman–Crippen MR) is 117 cm³/mol. The average molecular weight is 433 g/mol. The van der Waals surface area contributed by atoms with Crippen LogP contribution in [0.4, 0.5) is 0 Å². The number of nitrogens with one attached hydrogen (secondary N) is 2. The van der Waals surface area contributed by atoms with Crippen molar-refractivity contribution in [3.05, 3.63) is 53.1 Å². The van der Waals surface area contributed by atoms with Crippen molar-refractivity contribution in [3.8, 4) is 11.5 Å². The van der Waals surface area contributed by atoms with Gasteiger partial charge < -0.3 is 19.7 Å². The Morgan fingerprint density at radius 2 is 1.73 bits per heavy atom. The summed E-state index contributed by atoms with van der Waals surface area (Å²) in [5.74, 6) is 2.26. The second-order valence-corrected chi connectivity index (χ2v) is 8.79. The first kappa shape index (κ1) is 21.9. The average Bonchev–Trinajstić information content (AvgIpc) is 2.78. The SMILES string of the molecule is CN=C(NCc1ccc(S(=O)(=O)NC)cc1)N1CCc2cc(OC)c(OC)cc2C1. The van der Waals surface area contributed by atoms with Gasteiger partial charge in [-0.25, -0.2) is 13.1 Å². The molecule has 30 heavy (non-hydrogen) atoms. The van der Waals surface area contributed by atoms with Crippen molar-refractivity contribution < 1.29 is 17.9 Å². The number of hydrogen-bond acceptors (Lipinski definition) is 5. The summed E-state index contributed by atoms with van der Waals surface area (Å²) in [5, 5.41) is 3.36. The molecular weight excluding hydrogens is 404 g/mol. The Balaban J connectivity index is 1.68. The zero-order valence-electron chi connectivity index (χ0n) is 17.7. The Kier molecular flexibility index (Phi) is 6.84. The van der Waals surface area contributed by atoms with Crippen molar-refractivity contribution in [2.24, 2.45) is 4.99 Å². The van der Waals surface area contributed by atoms with Crippen LogP contribution < -0.4 is 19.5 Å². The highest BCUT2D eigenvalue weighted by molar-refractivity contribution is 7.89. The fraction of sp³-hybridized carbons (Fsp3) is 0.381. The maximum atomic E-state index is 11.8. The lowest BCUT2D eigenvalue weighted by atomic mass is 9.99. The first-order valence-electron chi connectivity index (χ1n) is 9.63. The lowest BCUT2D eigenvalue weighted by Crippen LogP contribution is -2.43. The summed E-state index contributed by atoms with van der Waals surface area (Å²) in [7, 11) is 3.01. The summed E-state index contributed by atoms with van der Waals surface area (Å²) in [5.41, 5.74) is 3.40. The van der Waals surface area contributed by atoms with Gasteiger partial charge in [-0.3, -0.25) is 4.99 Å². The van der Waals surface area contributed by atoms with Crippen molar-refractivity contribution in [2.45, 2.75) is 24.4 Å². The lowest BCUT2D eigenvalue weighted by Gasteiger charge is -2.32. The maximum Gasteiger partial charge on any atom is 0.240 e. The van der Waals surface area contributed by atoms with E-state index in [1.165, 1.54) is 18.2 Å². The Hall–Kier alpha value is -2.78. The molecule has 2 aromatic rings. The van der Waals surface area contributed by atoms with Gasteiger partial charge in [0.05, 0.1) is 19.1 Å². The highest BCUT2D eigenvalue weighted by atomic mass is 32.2. The van der Waals surface area contributed by atoms with E-state index in [0.29, 0.717) is 13.1 Å². The van der Waals surface area contributed by atoms with E-state index in [1.54, 1.807) is 45.5 Å². The number of methoxy groups -OCH3 is 2. The normalized spacial score (nSPS) is 14.3. The van der Waals surface area contributed by atoms with E-state index in [2.05, 4.69) is 19.9 Å². The smallest absolute Gasteiger partial charge is 0.240 e. The molecule has 0 radical (unpaired) electrons. The molecule has 0 aliphatic carbocycles. The molecular formula is C21H28N4O4S. The quantitative estimate of drug-likeness (QED) is 0.534. The van der Waals surface area contributed by atoms with Gasteiger partial charge in [0.1, 0.15) is 0 Å². The molecule has 0 atom stereocenters. The minimum absolute atomic E-state index is 0.246. The minimum Gasteiger partial charge on any atom is -0.493 e. The standard InChI is InChI=1S/C21H28N4O4S/c1-22-21(24-13-15-5-7-18(8-6-15)30(26,27)23-2)25-10-9-16-11-19(28-3)20(29-4)12-17(16)14-25/h5-8,11-12,23H,9-10,13-14H2,1-4H3,(H,22,24). The van der Waals surface area contributed by atoms with Crippen LogP contribution in [0.25, 0.3) is 0 Å². The summed E-state index contributed by atoms with van der Waals surface area (Å²) in [6.07, 6.45) is 0.882.